The molecular weight excluding hydrogens is 795 g/mol. The number of aromatic nitrogens is 4. The van der Waals surface area contributed by atoms with Crippen LogP contribution in [0.15, 0.2) is 73.2 Å². The molecule has 5 aromatic rings. The fourth-order valence-corrected chi connectivity index (χ4v) is 9.63. The van der Waals surface area contributed by atoms with Gasteiger partial charge in [-0.05, 0) is 92.6 Å². The highest BCUT2D eigenvalue weighted by Crippen LogP contribution is 2.37. The van der Waals surface area contributed by atoms with Crippen LogP contribution in [0.3, 0.4) is 0 Å². The minimum atomic E-state index is -0.725. The molecule has 15 heteroatoms. The predicted octanol–water partition coefficient (Wildman–Crippen LogP) is 7.10. The van der Waals surface area contributed by atoms with Gasteiger partial charge in [-0.2, -0.15) is 4.98 Å². The van der Waals surface area contributed by atoms with E-state index in [2.05, 4.69) is 75.6 Å². The molecule has 0 spiro atoms. The van der Waals surface area contributed by atoms with Crippen LogP contribution in [0.4, 0.5) is 21.7 Å². The molecule has 61 heavy (non-hydrogen) atoms. The second-order valence-electron chi connectivity index (χ2n) is 17.0. The zero-order valence-corrected chi connectivity index (χ0v) is 35.0. The van der Waals surface area contributed by atoms with Crippen molar-refractivity contribution in [1.29, 1.82) is 0 Å². The molecule has 2 aromatic carbocycles. The summed E-state index contributed by atoms with van der Waals surface area (Å²) in [7, 11) is 0. The van der Waals surface area contributed by atoms with Crippen molar-refractivity contribution >= 4 is 57.7 Å². The molecule has 318 valence electrons. The number of imide groups is 1. The van der Waals surface area contributed by atoms with Gasteiger partial charge in [0.05, 0.1) is 11.9 Å². The Bertz CT molecular complexity index is 2350. The van der Waals surface area contributed by atoms with Gasteiger partial charge >= 0.3 is 0 Å². The van der Waals surface area contributed by atoms with Crippen LogP contribution >= 0.6 is 11.6 Å². The number of pyridine rings is 1. The Morgan fingerprint density at radius 3 is 2.36 bits per heavy atom. The number of halogens is 2. The molecule has 3 aliphatic heterocycles. The van der Waals surface area contributed by atoms with Gasteiger partial charge in [-0.3, -0.25) is 29.5 Å². The fourth-order valence-electron chi connectivity index (χ4n) is 9.41. The Kier molecular flexibility index (Phi) is 12.3. The van der Waals surface area contributed by atoms with Gasteiger partial charge in [0.15, 0.2) is 0 Å². The smallest absolute Gasteiger partial charge is 0.270 e. The molecule has 3 saturated heterocycles. The molecule has 1 atom stereocenters. The molecule has 3 amide bonds. The largest absolute Gasteiger partial charge is 0.368 e. The van der Waals surface area contributed by atoms with Gasteiger partial charge in [0, 0.05) is 85.8 Å². The standard InChI is InChI=1S/C46H52ClFN10O3/c47-33-22-34(48)24-35(23-33)51-46-50-26-38-39(29-58(43(38)54-46)36-4-2-1-3-5-36)32-8-6-30(7-9-32)27-55-16-14-31(15-17-55)28-56-18-20-57(21-19-56)37-10-11-40(49-25-37)44(60)52-41-12-13-42(59)53-45(41)61/h6-11,22-26,29,31,36,41H,1-5,12-21,27-28H2,(H,52,60)(H,50,51,54)(H,53,59,61). The number of nitrogens with zero attached hydrogens (tertiary/aromatic N) is 7. The second kappa shape index (κ2) is 18.3. The van der Waals surface area contributed by atoms with Crippen LogP contribution < -0.4 is 20.9 Å². The first kappa shape index (κ1) is 40.9. The van der Waals surface area contributed by atoms with Gasteiger partial charge < -0.3 is 20.1 Å². The summed E-state index contributed by atoms with van der Waals surface area (Å²) >= 11 is 6.11. The van der Waals surface area contributed by atoms with Crippen LogP contribution in [0.2, 0.25) is 5.02 Å². The number of fused-ring (bicyclic) bond motifs is 1. The average Bonchev–Trinajstić information content (AvgIpc) is 3.65. The van der Waals surface area contributed by atoms with Crippen molar-refractivity contribution < 1.29 is 18.8 Å². The predicted molar refractivity (Wildman–Crippen MR) is 234 cm³/mol. The van der Waals surface area contributed by atoms with E-state index in [0.717, 1.165) is 93.0 Å². The number of hydrogen-bond acceptors (Lipinski definition) is 10. The molecule has 1 unspecified atom stereocenters. The molecule has 13 nitrogen and oxygen atoms in total. The van der Waals surface area contributed by atoms with E-state index < -0.39 is 23.7 Å². The highest BCUT2D eigenvalue weighted by atomic mass is 35.5. The van der Waals surface area contributed by atoms with E-state index in [-0.39, 0.29) is 18.0 Å². The van der Waals surface area contributed by atoms with Crippen molar-refractivity contribution in [1.82, 2.24) is 40.0 Å². The first-order chi connectivity index (χ1) is 29.7. The quantitative estimate of drug-likeness (QED) is 0.118. The lowest BCUT2D eigenvalue weighted by atomic mass is 9.95. The minimum absolute atomic E-state index is 0.207. The van der Waals surface area contributed by atoms with E-state index >= 15 is 0 Å². The number of rotatable bonds is 11. The third-order valence-electron chi connectivity index (χ3n) is 12.8. The highest BCUT2D eigenvalue weighted by Gasteiger charge is 2.29. The summed E-state index contributed by atoms with van der Waals surface area (Å²) in [6.07, 6.45) is 14.7. The van der Waals surface area contributed by atoms with Gasteiger partial charge in [0.1, 0.15) is 23.2 Å². The minimum Gasteiger partial charge on any atom is -0.368 e. The zero-order chi connectivity index (χ0) is 41.9. The third kappa shape index (κ3) is 9.71. The number of nitrogens with one attached hydrogen (secondary N) is 3. The summed E-state index contributed by atoms with van der Waals surface area (Å²) in [5.41, 5.74) is 6.20. The zero-order valence-electron chi connectivity index (χ0n) is 34.3. The van der Waals surface area contributed by atoms with Crippen LogP contribution in [-0.2, 0) is 16.1 Å². The first-order valence-electron chi connectivity index (χ1n) is 21.7. The van der Waals surface area contributed by atoms with Crippen molar-refractivity contribution in [3.8, 4) is 11.1 Å². The lowest BCUT2D eigenvalue weighted by molar-refractivity contribution is -0.134. The number of piperazine rings is 1. The molecular formula is C46H52ClFN10O3. The Morgan fingerprint density at radius 2 is 1.64 bits per heavy atom. The Balaban J connectivity index is 0.757. The van der Waals surface area contributed by atoms with E-state index in [4.69, 9.17) is 16.6 Å². The van der Waals surface area contributed by atoms with Crippen molar-refractivity contribution in [2.75, 3.05) is 56.0 Å². The first-order valence-corrected chi connectivity index (χ1v) is 22.1. The van der Waals surface area contributed by atoms with Gasteiger partial charge in [-0.1, -0.05) is 55.1 Å². The SMILES string of the molecule is O=C1CCC(NC(=O)c2ccc(N3CCN(CC4CCN(Cc5ccc(-c6cn(C7CCCCC7)c7nc(Nc8cc(F)cc(Cl)c8)ncc67)cc5)CC4)CC3)cn2)C(=O)N1. The number of amides is 3. The lowest BCUT2D eigenvalue weighted by Gasteiger charge is -2.39. The van der Waals surface area contributed by atoms with E-state index in [1.54, 1.807) is 18.3 Å². The third-order valence-corrected chi connectivity index (χ3v) is 13.0. The number of carbonyl (C=O) groups is 3. The molecule has 3 N–H and O–H groups in total. The molecule has 0 bridgehead atoms. The normalized spacial score (nSPS) is 19.9. The monoisotopic (exact) mass is 846 g/mol. The molecule has 3 aromatic heterocycles. The van der Waals surface area contributed by atoms with Crippen molar-refractivity contribution in [3.05, 3.63) is 95.3 Å². The number of benzene rings is 2. The highest BCUT2D eigenvalue weighted by molar-refractivity contribution is 6.30. The molecule has 4 fully saturated rings. The van der Waals surface area contributed by atoms with Crippen LogP contribution in [0.25, 0.3) is 22.2 Å². The van der Waals surface area contributed by atoms with Crippen LogP contribution in [-0.4, -0.2) is 98.9 Å². The molecule has 1 saturated carbocycles. The Morgan fingerprint density at radius 1 is 0.852 bits per heavy atom. The summed E-state index contributed by atoms with van der Waals surface area (Å²) in [5.74, 6) is -0.534. The Hall–Kier alpha value is -5.44. The second-order valence-corrected chi connectivity index (χ2v) is 17.5. The average molecular weight is 847 g/mol. The van der Waals surface area contributed by atoms with Gasteiger partial charge in [0.2, 0.25) is 17.8 Å². The molecule has 6 heterocycles. The van der Waals surface area contributed by atoms with E-state index in [0.29, 0.717) is 35.0 Å². The van der Waals surface area contributed by atoms with E-state index in [9.17, 15) is 18.8 Å². The number of anilines is 3. The summed E-state index contributed by atoms with van der Waals surface area (Å²) in [6.45, 7) is 7.99. The maximum Gasteiger partial charge on any atom is 0.270 e. The summed E-state index contributed by atoms with van der Waals surface area (Å²) in [6, 6.07) is 16.6. The fraction of sp³-hybridized carbons (Fsp3) is 0.435. The number of likely N-dealkylation sites (tertiary alicyclic amines) is 1. The van der Waals surface area contributed by atoms with Crippen molar-refractivity contribution in [3.63, 3.8) is 0 Å². The topological polar surface area (TPSA) is 141 Å². The van der Waals surface area contributed by atoms with E-state index in [1.807, 2.05) is 12.3 Å². The number of piperidine rings is 2. The van der Waals surface area contributed by atoms with E-state index in [1.165, 1.54) is 49.8 Å². The summed E-state index contributed by atoms with van der Waals surface area (Å²) in [5, 5.41) is 9.43. The summed E-state index contributed by atoms with van der Waals surface area (Å²) in [4.78, 5) is 57.6. The molecule has 1 aliphatic carbocycles. The maximum atomic E-state index is 14.1. The van der Waals surface area contributed by atoms with Crippen LogP contribution in [0, 0.1) is 11.7 Å². The number of carbonyl (C=O) groups excluding carboxylic acids is 3. The number of hydrogen-bond donors (Lipinski definition) is 3. The van der Waals surface area contributed by atoms with Crippen molar-refractivity contribution in [2.45, 2.75) is 76.4 Å². The van der Waals surface area contributed by atoms with Gasteiger partial charge in [-0.25, -0.2) is 14.4 Å². The summed E-state index contributed by atoms with van der Waals surface area (Å²) < 4.78 is 16.4. The lowest BCUT2D eigenvalue weighted by Crippen LogP contribution is -2.52. The van der Waals surface area contributed by atoms with Gasteiger partial charge in [-0.15, -0.1) is 0 Å². The maximum absolute atomic E-state index is 14.1. The van der Waals surface area contributed by atoms with Gasteiger partial charge in [0.25, 0.3) is 5.91 Å². The molecule has 4 aliphatic rings. The Labute approximate surface area is 360 Å². The molecule has 9 rings (SSSR count). The van der Waals surface area contributed by atoms with Crippen LogP contribution in [0.5, 0.6) is 0 Å². The van der Waals surface area contributed by atoms with Crippen LogP contribution in [0.1, 0.15) is 79.9 Å². The molecule has 0 radical (unpaired) electrons. The van der Waals surface area contributed by atoms with Crippen molar-refractivity contribution in [2.24, 2.45) is 5.92 Å².